The minimum Gasteiger partial charge on any atom is -0.508 e. The molecule has 8 N–H and O–H groups in total. The number of rotatable bonds is 8. The number of phenols is 8. The molecule has 4 aromatic heterocycles. The molecule has 10 nitrogen and oxygen atoms in total. The van der Waals surface area contributed by atoms with Gasteiger partial charge >= 0.3 is 0 Å². The molecule has 0 fully saturated rings. The van der Waals surface area contributed by atoms with Crippen LogP contribution in [0.15, 0.2) is 146 Å². The number of thiophene rings is 2. The molecule has 410 valence electrons. The van der Waals surface area contributed by atoms with Crippen molar-refractivity contribution in [2.45, 2.75) is 33.6 Å². The Morgan fingerprint density at radius 2 is 1.11 bits per heavy atom. The van der Waals surface area contributed by atoms with E-state index >= 15 is 0 Å². The molecule has 0 saturated heterocycles. The predicted molar refractivity (Wildman–Crippen MR) is 353 cm³/mol. The maximum Gasteiger partial charge on any atom is 0.182 e. The number of phenolic OH excluding ortho intramolecular Hbond substituents is 8. The molecule has 13 rings (SSSR count). The molecule has 0 amide bonds. The van der Waals surface area contributed by atoms with Crippen LogP contribution in [0.1, 0.15) is 60.7 Å². The molecule has 0 atom stereocenters. The second kappa shape index (κ2) is 21.4. The number of allylic oxidation sites excluding steroid dienone is 5. The Bertz CT molecular complexity index is 5220. The zero-order valence-corrected chi connectivity index (χ0v) is 47.8. The fourth-order valence-corrected chi connectivity index (χ4v) is 14.5. The van der Waals surface area contributed by atoms with Crippen LogP contribution in [0.4, 0.5) is 0 Å². The Hall–Kier alpha value is -10.4. The standard InChI is InChI=1S/C69H44B2N2O8S2.C2H6/c1-5-18-44(69-41(7-3)48-42(28-16-30-46(48)83-69)35-20-10-8-11-21-35)38-25-15-27-40(33-38)73-57-51(53-59(73)67(81)64(78)55(71)62(53)76)60(74)50-52-58(66(80)63(77)54(70)61(52)75)72(56(50)65(57)79)39-26-14-24-37(32-39)34(4)68-45(19-6-2)49-43(29-17-31-47(49)82-68)36-22-12-9-13-23-36;1-2/h1-2,7-8,10-12,14-33,74-81H,3,9,13H2,4H3;1-2H3/b44-18-,45-19-,68-34-;. The summed E-state index contributed by atoms with van der Waals surface area (Å²) in [5, 5.41) is 99.1. The van der Waals surface area contributed by atoms with Crippen molar-refractivity contribution in [3.63, 3.8) is 0 Å². The fraction of sp³-hybridized carbons (Fsp3) is 0.0704. The van der Waals surface area contributed by atoms with Crippen LogP contribution in [0.2, 0.25) is 0 Å². The van der Waals surface area contributed by atoms with Crippen LogP contribution in [0, 0.1) is 24.7 Å². The van der Waals surface area contributed by atoms with Gasteiger partial charge in [-0.25, -0.2) is 0 Å². The molecule has 0 saturated carbocycles. The van der Waals surface area contributed by atoms with Crippen LogP contribution in [0.3, 0.4) is 0 Å². The van der Waals surface area contributed by atoms with Gasteiger partial charge in [-0.1, -0.05) is 135 Å². The van der Waals surface area contributed by atoms with Crippen molar-refractivity contribution in [3.8, 4) is 93.2 Å². The molecule has 0 bridgehead atoms. The Labute approximate surface area is 498 Å². The maximum absolute atomic E-state index is 13.4. The SMILES string of the molecule is CC.[B]c1c(O)c(O)c2c(c1O)c1c(O)c3c4c(O)c([B])c(O)c(O)c4n(-c4cccc(/C(C)=c5\sc6cccc(C7=CCCC=C7)c6\c5=C\C#C)c4)c3c(O)c1n2-c1cccc(/C(=C/C#C)c2sc3cccc(-c4ccccc4)c3c2C=C)c1. The van der Waals surface area contributed by atoms with Crippen LogP contribution >= 0.6 is 22.7 Å². The predicted octanol–water partition coefficient (Wildman–Crippen LogP) is 13.3. The zero-order valence-electron chi connectivity index (χ0n) is 46.2. The van der Waals surface area contributed by atoms with E-state index in [-0.39, 0.29) is 55.0 Å². The number of benzene rings is 8. The van der Waals surface area contributed by atoms with Gasteiger partial charge in [0.25, 0.3) is 0 Å². The van der Waals surface area contributed by atoms with Crippen LogP contribution in [-0.4, -0.2) is 65.7 Å². The number of fused-ring (bicyclic) bond motifs is 8. The van der Waals surface area contributed by atoms with Gasteiger partial charge in [0, 0.05) is 57.3 Å². The summed E-state index contributed by atoms with van der Waals surface area (Å²) < 4.78 is 5.62. The molecule has 0 aliphatic heterocycles. The third kappa shape index (κ3) is 8.28. The van der Waals surface area contributed by atoms with Gasteiger partial charge in [0.15, 0.2) is 28.7 Å². The van der Waals surface area contributed by atoms with Crippen molar-refractivity contribution in [1.82, 2.24) is 9.13 Å². The highest BCUT2D eigenvalue weighted by atomic mass is 32.1. The van der Waals surface area contributed by atoms with Crippen molar-refractivity contribution in [1.29, 1.82) is 0 Å². The molecule has 0 spiro atoms. The van der Waals surface area contributed by atoms with E-state index in [1.165, 1.54) is 20.5 Å². The van der Waals surface area contributed by atoms with E-state index in [9.17, 15) is 40.9 Å². The molecule has 4 radical (unpaired) electrons. The number of nitrogens with zero attached hydrogens (tertiary/aromatic N) is 2. The Morgan fingerprint density at radius 1 is 0.565 bits per heavy atom. The van der Waals surface area contributed by atoms with Gasteiger partial charge in [-0.15, -0.1) is 35.5 Å². The molecule has 14 heteroatoms. The molecule has 85 heavy (non-hydrogen) atoms. The first-order valence-corrected chi connectivity index (χ1v) is 28.9. The summed E-state index contributed by atoms with van der Waals surface area (Å²) in [6.07, 6.45) is 25.7. The summed E-state index contributed by atoms with van der Waals surface area (Å²) in [6.45, 7) is 10.2. The second-order valence-corrected chi connectivity index (χ2v) is 22.3. The first-order chi connectivity index (χ1) is 41.2. The normalized spacial score (nSPS) is 13.2. The van der Waals surface area contributed by atoms with E-state index in [0.29, 0.717) is 16.7 Å². The van der Waals surface area contributed by atoms with Gasteiger partial charge in [0.2, 0.25) is 0 Å². The number of hydrogen-bond acceptors (Lipinski definition) is 10. The lowest BCUT2D eigenvalue weighted by molar-refractivity contribution is 0.405. The topological polar surface area (TPSA) is 172 Å². The molecule has 1 aliphatic carbocycles. The fourth-order valence-electron chi connectivity index (χ4n) is 12.0. The van der Waals surface area contributed by atoms with Crippen LogP contribution in [-0.2, 0) is 0 Å². The zero-order chi connectivity index (χ0) is 59.9. The number of hydrogen-bond donors (Lipinski definition) is 8. The average molecular weight is 1140 g/mol. The summed E-state index contributed by atoms with van der Waals surface area (Å²) in [5.41, 5.74) is 5.93. The van der Waals surface area contributed by atoms with Gasteiger partial charge in [0.1, 0.15) is 55.0 Å². The largest absolute Gasteiger partial charge is 0.508 e. The summed E-state index contributed by atoms with van der Waals surface area (Å²) in [7, 11) is 12.6. The van der Waals surface area contributed by atoms with E-state index in [2.05, 4.69) is 54.8 Å². The van der Waals surface area contributed by atoms with Gasteiger partial charge in [-0.3, -0.25) is 0 Å². The quantitative estimate of drug-likeness (QED) is 0.0322. The van der Waals surface area contributed by atoms with E-state index in [0.717, 1.165) is 81.0 Å². The Balaban J connectivity index is 0.00000351. The smallest absolute Gasteiger partial charge is 0.182 e. The Morgan fingerprint density at radius 3 is 1.67 bits per heavy atom. The lowest BCUT2D eigenvalue weighted by Gasteiger charge is -2.16. The molecular formula is C71H50B2N2O8S2. The minimum atomic E-state index is -0.883. The average Bonchev–Trinajstić information content (AvgIpc) is 1.56. The first kappa shape index (κ1) is 55.2. The van der Waals surface area contributed by atoms with Crippen LogP contribution < -0.4 is 20.7 Å². The summed E-state index contributed by atoms with van der Waals surface area (Å²) >= 11 is 3.10. The number of aromatic hydroxyl groups is 8. The van der Waals surface area contributed by atoms with E-state index in [4.69, 9.17) is 28.5 Å². The molecular weight excluding hydrogens is 1090 g/mol. The maximum atomic E-state index is 13.4. The number of aromatic nitrogens is 2. The lowest BCUT2D eigenvalue weighted by atomic mass is 9.89. The lowest BCUT2D eigenvalue weighted by Crippen LogP contribution is -2.22. The third-order valence-corrected chi connectivity index (χ3v) is 18.2. The third-order valence-electron chi connectivity index (χ3n) is 15.7. The molecule has 4 heterocycles. The van der Waals surface area contributed by atoms with Gasteiger partial charge < -0.3 is 50.0 Å². The highest BCUT2D eigenvalue weighted by Crippen LogP contribution is 2.57. The number of terminal acetylenes is 2. The van der Waals surface area contributed by atoms with Crippen LogP contribution in [0.5, 0.6) is 46.0 Å². The van der Waals surface area contributed by atoms with Crippen molar-refractivity contribution in [3.05, 3.63) is 183 Å². The highest BCUT2D eigenvalue weighted by Gasteiger charge is 2.35. The second-order valence-electron chi connectivity index (χ2n) is 20.2. The summed E-state index contributed by atoms with van der Waals surface area (Å²) in [6, 6.07) is 36.3. The molecule has 12 aromatic rings. The van der Waals surface area contributed by atoms with Crippen molar-refractivity contribution < 1.29 is 40.9 Å². The monoisotopic (exact) mass is 1140 g/mol. The first-order valence-electron chi connectivity index (χ1n) is 27.2. The highest BCUT2D eigenvalue weighted by molar-refractivity contribution is 7.20. The Kier molecular flexibility index (Phi) is 13.9. The molecule has 8 aromatic carbocycles. The van der Waals surface area contributed by atoms with Crippen molar-refractivity contribution in [2.24, 2.45) is 0 Å². The summed E-state index contributed by atoms with van der Waals surface area (Å²) in [4.78, 5) is 0.794. The van der Waals surface area contributed by atoms with Crippen molar-refractivity contribution >= 4 is 142 Å². The van der Waals surface area contributed by atoms with E-state index < -0.39 is 56.9 Å². The summed E-state index contributed by atoms with van der Waals surface area (Å²) in [5.74, 6) is -0.712. The van der Waals surface area contributed by atoms with E-state index in [1.54, 1.807) is 66.0 Å². The van der Waals surface area contributed by atoms with Crippen LogP contribution in [0.25, 0.3) is 115 Å². The van der Waals surface area contributed by atoms with Gasteiger partial charge in [-0.2, -0.15) is 0 Å². The van der Waals surface area contributed by atoms with Crippen molar-refractivity contribution in [2.75, 3.05) is 0 Å². The van der Waals surface area contributed by atoms with Gasteiger partial charge in [0.05, 0.1) is 21.5 Å². The molecule has 0 unspecified atom stereocenters. The van der Waals surface area contributed by atoms with E-state index in [1.807, 2.05) is 81.4 Å². The minimum absolute atomic E-state index is 0.212. The van der Waals surface area contributed by atoms with Gasteiger partial charge in [-0.05, 0) is 118 Å². The molecule has 1 aliphatic rings.